The molecule has 1 aromatic heterocycles. The Bertz CT molecular complexity index is 514. The van der Waals surface area contributed by atoms with E-state index in [2.05, 4.69) is 15.9 Å². The van der Waals surface area contributed by atoms with Gasteiger partial charge in [0.1, 0.15) is 5.58 Å². The molecule has 2 aromatic rings. The smallest absolute Gasteiger partial charge is 0.289 e. The molecule has 0 saturated heterocycles. The van der Waals surface area contributed by atoms with Crippen LogP contribution in [0.2, 0.25) is 0 Å². The van der Waals surface area contributed by atoms with Crippen LogP contribution in [0.5, 0.6) is 0 Å². The number of benzene rings is 1. The Hall–Kier alpha value is -1.29. The van der Waals surface area contributed by atoms with E-state index in [1.54, 1.807) is 11.0 Å². The number of furan rings is 1. The monoisotopic (exact) mass is 309 g/mol. The quantitative estimate of drug-likeness (QED) is 0.807. The molecule has 0 radical (unpaired) electrons. The van der Waals surface area contributed by atoms with Gasteiger partial charge in [0, 0.05) is 23.3 Å². The van der Waals surface area contributed by atoms with Crippen LogP contribution >= 0.6 is 15.9 Å². The molecular formula is C14H16BrNO2. The minimum atomic E-state index is -0.0550. The van der Waals surface area contributed by atoms with Crippen LogP contribution in [-0.4, -0.2) is 28.7 Å². The molecule has 1 heterocycles. The first-order valence-corrected chi connectivity index (χ1v) is 7.11. The Morgan fingerprint density at radius 2 is 2.11 bits per heavy atom. The third-order valence-corrected chi connectivity index (χ3v) is 3.20. The summed E-state index contributed by atoms with van der Waals surface area (Å²) in [6, 6.07) is 9.62. The van der Waals surface area contributed by atoms with E-state index in [0.717, 1.165) is 16.3 Å². The highest BCUT2D eigenvalue weighted by molar-refractivity contribution is 9.09. The van der Waals surface area contributed by atoms with E-state index in [4.69, 9.17) is 4.42 Å². The number of carbonyl (C=O) groups excluding carboxylic acids is 1. The lowest BCUT2D eigenvalue weighted by Crippen LogP contribution is -2.38. The second-order valence-corrected chi connectivity index (χ2v) is 5.22. The summed E-state index contributed by atoms with van der Waals surface area (Å²) in [5.41, 5.74) is 0.753. The lowest BCUT2D eigenvalue weighted by Gasteiger charge is -2.24. The summed E-state index contributed by atoms with van der Waals surface area (Å²) in [5.74, 6) is 0.353. The maximum atomic E-state index is 12.4. The van der Waals surface area contributed by atoms with Crippen molar-refractivity contribution >= 4 is 32.8 Å². The van der Waals surface area contributed by atoms with Gasteiger partial charge in [-0.2, -0.15) is 0 Å². The number of carbonyl (C=O) groups is 1. The van der Waals surface area contributed by atoms with Crippen LogP contribution in [-0.2, 0) is 0 Å². The minimum absolute atomic E-state index is 0.0550. The maximum absolute atomic E-state index is 12.4. The van der Waals surface area contributed by atoms with Crippen molar-refractivity contribution in [2.24, 2.45) is 0 Å². The van der Waals surface area contributed by atoms with Crippen molar-refractivity contribution in [3.8, 4) is 0 Å². The predicted octanol–water partition coefficient (Wildman–Crippen LogP) is 3.68. The molecule has 1 aromatic carbocycles. The zero-order chi connectivity index (χ0) is 13.1. The molecule has 1 amide bonds. The number of hydrogen-bond acceptors (Lipinski definition) is 2. The zero-order valence-electron chi connectivity index (χ0n) is 10.5. The minimum Gasteiger partial charge on any atom is -0.451 e. The largest absolute Gasteiger partial charge is 0.451 e. The molecule has 2 rings (SSSR count). The molecular weight excluding hydrogens is 294 g/mol. The van der Waals surface area contributed by atoms with Gasteiger partial charge in [0.2, 0.25) is 0 Å². The van der Waals surface area contributed by atoms with Crippen molar-refractivity contribution in [1.82, 2.24) is 4.90 Å². The fourth-order valence-corrected chi connectivity index (χ4v) is 2.30. The van der Waals surface area contributed by atoms with Gasteiger partial charge in [-0.25, -0.2) is 0 Å². The molecule has 0 aliphatic carbocycles. The number of hydrogen-bond donors (Lipinski definition) is 0. The molecule has 3 nitrogen and oxygen atoms in total. The van der Waals surface area contributed by atoms with Crippen LogP contribution in [0, 0.1) is 0 Å². The number of alkyl halides is 1. The standard InChI is InChI=1S/C14H16BrNO2/c1-10(2)16(8-7-15)14(17)13-9-11-5-3-4-6-12(11)18-13/h3-6,9-10H,7-8H2,1-2H3. The predicted molar refractivity (Wildman–Crippen MR) is 76.2 cm³/mol. The Morgan fingerprint density at radius 1 is 1.39 bits per heavy atom. The van der Waals surface area contributed by atoms with Crippen molar-refractivity contribution in [2.45, 2.75) is 19.9 Å². The fraction of sp³-hybridized carbons (Fsp3) is 0.357. The van der Waals surface area contributed by atoms with Crippen LogP contribution in [0.1, 0.15) is 24.4 Å². The SMILES string of the molecule is CC(C)N(CCBr)C(=O)c1cc2ccccc2o1. The van der Waals surface area contributed by atoms with Gasteiger partial charge in [0.25, 0.3) is 5.91 Å². The van der Waals surface area contributed by atoms with Crippen LogP contribution in [0.25, 0.3) is 11.0 Å². The van der Waals surface area contributed by atoms with Gasteiger partial charge < -0.3 is 9.32 Å². The number of nitrogens with zero attached hydrogens (tertiary/aromatic N) is 1. The third kappa shape index (κ3) is 2.58. The van der Waals surface area contributed by atoms with Gasteiger partial charge in [-0.3, -0.25) is 4.79 Å². The lowest BCUT2D eigenvalue weighted by atomic mass is 10.2. The summed E-state index contributed by atoms with van der Waals surface area (Å²) in [7, 11) is 0. The molecule has 4 heteroatoms. The van der Waals surface area contributed by atoms with Crippen molar-refractivity contribution in [1.29, 1.82) is 0 Å². The fourth-order valence-electron chi connectivity index (χ4n) is 1.91. The van der Waals surface area contributed by atoms with E-state index in [-0.39, 0.29) is 11.9 Å². The number of rotatable bonds is 4. The Morgan fingerprint density at radius 3 is 2.72 bits per heavy atom. The van der Waals surface area contributed by atoms with Gasteiger partial charge in [-0.15, -0.1) is 0 Å². The summed E-state index contributed by atoms with van der Waals surface area (Å²) in [6.07, 6.45) is 0. The molecule has 0 spiro atoms. The van der Waals surface area contributed by atoms with Crippen molar-refractivity contribution < 1.29 is 9.21 Å². The summed E-state index contributed by atoms with van der Waals surface area (Å²) in [5, 5.41) is 1.72. The third-order valence-electron chi connectivity index (χ3n) is 2.85. The Labute approximate surface area is 115 Å². The van der Waals surface area contributed by atoms with Gasteiger partial charge in [-0.1, -0.05) is 34.1 Å². The molecule has 96 valence electrons. The van der Waals surface area contributed by atoms with Crippen LogP contribution in [0.4, 0.5) is 0 Å². The van der Waals surface area contributed by atoms with Crippen LogP contribution in [0.3, 0.4) is 0 Å². The number of halogens is 1. The Kier molecular flexibility index (Phi) is 4.07. The van der Waals surface area contributed by atoms with Gasteiger partial charge in [0.05, 0.1) is 0 Å². The molecule has 0 aliphatic heterocycles. The van der Waals surface area contributed by atoms with Gasteiger partial charge >= 0.3 is 0 Å². The highest BCUT2D eigenvalue weighted by atomic mass is 79.9. The molecule has 0 N–H and O–H groups in total. The molecule has 0 atom stereocenters. The van der Waals surface area contributed by atoms with Crippen molar-refractivity contribution in [3.63, 3.8) is 0 Å². The second-order valence-electron chi connectivity index (χ2n) is 4.43. The highest BCUT2D eigenvalue weighted by Crippen LogP contribution is 2.20. The second kappa shape index (κ2) is 5.57. The molecule has 18 heavy (non-hydrogen) atoms. The molecule has 0 bridgehead atoms. The number of para-hydroxylation sites is 1. The number of fused-ring (bicyclic) bond motifs is 1. The highest BCUT2D eigenvalue weighted by Gasteiger charge is 2.21. The van der Waals surface area contributed by atoms with Gasteiger partial charge in [0.15, 0.2) is 5.76 Å². The Balaban J connectivity index is 2.31. The maximum Gasteiger partial charge on any atom is 0.289 e. The van der Waals surface area contributed by atoms with E-state index in [9.17, 15) is 4.79 Å². The molecule has 0 aliphatic rings. The van der Waals surface area contributed by atoms with Crippen LogP contribution in [0.15, 0.2) is 34.7 Å². The lowest BCUT2D eigenvalue weighted by molar-refractivity contribution is 0.0689. The van der Waals surface area contributed by atoms with E-state index in [1.807, 2.05) is 38.1 Å². The topological polar surface area (TPSA) is 33.5 Å². The van der Waals surface area contributed by atoms with E-state index < -0.39 is 0 Å². The summed E-state index contributed by atoms with van der Waals surface area (Å²) in [4.78, 5) is 14.2. The summed E-state index contributed by atoms with van der Waals surface area (Å²) >= 11 is 3.37. The van der Waals surface area contributed by atoms with E-state index in [1.165, 1.54) is 0 Å². The summed E-state index contributed by atoms with van der Waals surface area (Å²) < 4.78 is 5.60. The first-order chi connectivity index (χ1) is 8.63. The van der Waals surface area contributed by atoms with E-state index in [0.29, 0.717) is 12.3 Å². The first-order valence-electron chi connectivity index (χ1n) is 5.99. The van der Waals surface area contributed by atoms with Crippen molar-refractivity contribution in [3.05, 3.63) is 36.1 Å². The molecule has 0 unspecified atom stereocenters. The van der Waals surface area contributed by atoms with Crippen molar-refractivity contribution in [2.75, 3.05) is 11.9 Å². The van der Waals surface area contributed by atoms with Gasteiger partial charge in [-0.05, 0) is 26.0 Å². The average molecular weight is 310 g/mol. The van der Waals surface area contributed by atoms with E-state index >= 15 is 0 Å². The average Bonchev–Trinajstić information content (AvgIpc) is 2.78. The number of amides is 1. The first kappa shape index (κ1) is 13.1. The van der Waals surface area contributed by atoms with Crippen LogP contribution < -0.4 is 0 Å². The normalized spacial score (nSPS) is 11.1. The summed E-state index contributed by atoms with van der Waals surface area (Å²) in [6.45, 7) is 4.68. The molecule has 0 fully saturated rings. The zero-order valence-corrected chi connectivity index (χ0v) is 12.1. The molecule has 0 saturated carbocycles.